The van der Waals surface area contributed by atoms with Crippen molar-refractivity contribution < 1.29 is 13.9 Å². The maximum atomic E-state index is 12.1. The molecule has 0 aromatic carbocycles. The van der Waals surface area contributed by atoms with Crippen LogP contribution in [-0.2, 0) is 4.74 Å². The Morgan fingerprint density at radius 3 is 2.88 bits per heavy atom. The number of carbonyl (C=O) groups is 1. The summed E-state index contributed by atoms with van der Waals surface area (Å²) in [5.74, 6) is -0.124. The van der Waals surface area contributed by atoms with Crippen molar-refractivity contribution in [1.82, 2.24) is 4.90 Å². The van der Waals surface area contributed by atoms with Gasteiger partial charge in [0, 0.05) is 13.7 Å². The number of rotatable bonds is 2. The molecule has 1 aromatic heterocycles. The Kier molecular flexibility index (Phi) is 3.21. The standard InChI is InChI=1S/C11H14ClNO3/c1-7-9(4-6-15-7)13(2)11(14)8-3-5-16-10(8)12/h3,5,7,9H,4,6H2,1-2H3. The molecule has 2 heterocycles. The van der Waals surface area contributed by atoms with Crippen LogP contribution in [-0.4, -0.2) is 36.6 Å². The molecule has 0 N–H and O–H groups in total. The molecule has 4 nitrogen and oxygen atoms in total. The lowest BCUT2D eigenvalue weighted by Crippen LogP contribution is -2.40. The van der Waals surface area contributed by atoms with Gasteiger partial charge in [0.05, 0.1) is 24.0 Å². The van der Waals surface area contributed by atoms with Crippen molar-refractivity contribution in [3.8, 4) is 0 Å². The summed E-state index contributed by atoms with van der Waals surface area (Å²) in [4.78, 5) is 13.8. The Hall–Kier alpha value is -1.00. The Bertz CT molecular complexity index is 390. The van der Waals surface area contributed by atoms with E-state index in [1.807, 2.05) is 6.92 Å². The first-order valence-corrected chi connectivity index (χ1v) is 5.61. The van der Waals surface area contributed by atoms with Crippen LogP contribution in [0.3, 0.4) is 0 Å². The first-order chi connectivity index (χ1) is 7.61. The summed E-state index contributed by atoms with van der Waals surface area (Å²) in [6.45, 7) is 2.67. The van der Waals surface area contributed by atoms with Gasteiger partial charge in [0.15, 0.2) is 0 Å². The molecular formula is C11H14ClNO3. The van der Waals surface area contributed by atoms with E-state index in [-0.39, 0.29) is 23.3 Å². The largest absolute Gasteiger partial charge is 0.452 e. The Morgan fingerprint density at radius 2 is 2.38 bits per heavy atom. The SMILES string of the molecule is CC1OCCC1N(C)C(=O)c1ccoc1Cl. The third kappa shape index (κ3) is 1.95. The van der Waals surface area contributed by atoms with Crippen molar-refractivity contribution >= 4 is 17.5 Å². The third-order valence-electron chi connectivity index (χ3n) is 3.00. The number of hydrogen-bond acceptors (Lipinski definition) is 3. The predicted octanol–water partition coefficient (Wildman–Crippen LogP) is 2.18. The van der Waals surface area contributed by atoms with Crippen molar-refractivity contribution in [1.29, 1.82) is 0 Å². The highest BCUT2D eigenvalue weighted by molar-refractivity contribution is 6.32. The summed E-state index contributed by atoms with van der Waals surface area (Å²) >= 11 is 5.78. The van der Waals surface area contributed by atoms with Gasteiger partial charge in [0.1, 0.15) is 0 Å². The van der Waals surface area contributed by atoms with Crippen LogP contribution in [0.25, 0.3) is 0 Å². The summed E-state index contributed by atoms with van der Waals surface area (Å²) in [6, 6.07) is 1.69. The number of amides is 1. The lowest BCUT2D eigenvalue weighted by molar-refractivity contribution is 0.0574. The number of carbonyl (C=O) groups excluding carboxylic acids is 1. The van der Waals surface area contributed by atoms with Crippen molar-refractivity contribution in [3.63, 3.8) is 0 Å². The predicted molar refractivity (Wildman–Crippen MR) is 59.6 cm³/mol. The quantitative estimate of drug-likeness (QED) is 0.800. The number of nitrogens with zero attached hydrogens (tertiary/aromatic N) is 1. The van der Waals surface area contributed by atoms with Gasteiger partial charge in [-0.1, -0.05) is 0 Å². The molecule has 2 unspecified atom stereocenters. The van der Waals surface area contributed by atoms with E-state index < -0.39 is 0 Å². The van der Waals surface area contributed by atoms with E-state index in [9.17, 15) is 4.79 Å². The monoisotopic (exact) mass is 243 g/mol. The molecule has 1 saturated heterocycles. The second-order valence-corrected chi connectivity index (χ2v) is 4.30. The minimum atomic E-state index is -0.124. The van der Waals surface area contributed by atoms with Crippen LogP contribution in [0.15, 0.2) is 16.7 Å². The second kappa shape index (κ2) is 4.47. The molecule has 0 aliphatic carbocycles. The summed E-state index contributed by atoms with van der Waals surface area (Å²) in [6.07, 6.45) is 2.34. The molecule has 1 fully saturated rings. The molecule has 2 atom stereocenters. The van der Waals surface area contributed by atoms with Crippen LogP contribution >= 0.6 is 11.6 Å². The van der Waals surface area contributed by atoms with Gasteiger partial charge in [-0.2, -0.15) is 0 Å². The Morgan fingerprint density at radius 1 is 1.62 bits per heavy atom. The molecule has 0 saturated carbocycles. The van der Waals surface area contributed by atoms with Gasteiger partial charge in [-0.15, -0.1) is 0 Å². The van der Waals surface area contributed by atoms with E-state index in [2.05, 4.69) is 0 Å². The van der Waals surface area contributed by atoms with Gasteiger partial charge in [-0.05, 0) is 31.0 Å². The van der Waals surface area contributed by atoms with Gasteiger partial charge < -0.3 is 14.1 Å². The first kappa shape index (κ1) is 11.5. The van der Waals surface area contributed by atoms with Crippen molar-refractivity contribution in [3.05, 3.63) is 23.1 Å². The molecule has 5 heteroatoms. The van der Waals surface area contributed by atoms with Crippen LogP contribution < -0.4 is 0 Å². The molecule has 2 rings (SSSR count). The van der Waals surface area contributed by atoms with Crippen LogP contribution in [0.5, 0.6) is 0 Å². The smallest absolute Gasteiger partial charge is 0.258 e. The molecule has 1 aromatic rings. The fraction of sp³-hybridized carbons (Fsp3) is 0.545. The van der Waals surface area contributed by atoms with E-state index in [1.165, 1.54) is 6.26 Å². The minimum absolute atomic E-state index is 0.0691. The zero-order valence-electron chi connectivity index (χ0n) is 9.27. The van der Waals surface area contributed by atoms with Gasteiger partial charge >= 0.3 is 0 Å². The van der Waals surface area contributed by atoms with Crippen LogP contribution in [0, 0.1) is 0 Å². The molecule has 0 radical (unpaired) electrons. The van der Waals surface area contributed by atoms with E-state index >= 15 is 0 Å². The van der Waals surface area contributed by atoms with E-state index in [0.29, 0.717) is 12.2 Å². The highest BCUT2D eigenvalue weighted by Gasteiger charge is 2.32. The summed E-state index contributed by atoms with van der Waals surface area (Å²) < 4.78 is 10.3. The fourth-order valence-corrected chi connectivity index (χ4v) is 2.21. The molecule has 16 heavy (non-hydrogen) atoms. The number of halogens is 1. The Balaban J connectivity index is 2.13. The third-order valence-corrected chi connectivity index (χ3v) is 3.30. The van der Waals surface area contributed by atoms with Gasteiger partial charge in [-0.3, -0.25) is 4.79 Å². The molecule has 88 valence electrons. The highest BCUT2D eigenvalue weighted by Crippen LogP contribution is 2.23. The summed E-state index contributed by atoms with van der Waals surface area (Å²) in [5.41, 5.74) is 0.406. The average Bonchev–Trinajstić information content (AvgIpc) is 2.85. The summed E-state index contributed by atoms with van der Waals surface area (Å²) in [7, 11) is 1.77. The number of furan rings is 1. The Labute approximate surface area is 99.1 Å². The molecule has 1 amide bonds. The van der Waals surface area contributed by atoms with Crippen molar-refractivity contribution in [2.24, 2.45) is 0 Å². The molecule has 1 aliphatic heterocycles. The normalized spacial score (nSPS) is 24.7. The minimum Gasteiger partial charge on any atom is -0.452 e. The topological polar surface area (TPSA) is 42.7 Å². The molecular weight excluding hydrogens is 230 g/mol. The van der Waals surface area contributed by atoms with Crippen molar-refractivity contribution in [2.45, 2.75) is 25.5 Å². The lowest BCUT2D eigenvalue weighted by Gasteiger charge is -2.26. The highest BCUT2D eigenvalue weighted by atomic mass is 35.5. The van der Waals surface area contributed by atoms with E-state index in [4.69, 9.17) is 20.8 Å². The second-order valence-electron chi connectivity index (χ2n) is 3.96. The van der Waals surface area contributed by atoms with Crippen molar-refractivity contribution in [2.75, 3.05) is 13.7 Å². The van der Waals surface area contributed by atoms with Gasteiger partial charge in [-0.25, -0.2) is 0 Å². The number of ether oxygens (including phenoxy) is 1. The van der Waals surface area contributed by atoms with Gasteiger partial charge in [0.25, 0.3) is 5.91 Å². The van der Waals surface area contributed by atoms with E-state index in [1.54, 1.807) is 18.0 Å². The first-order valence-electron chi connectivity index (χ1n) is 5.23. The van der Waals surface area contributed by atoms with Crippen LogP contribution in [0.4, 0.5) is 0 Å². The number of likely N-dealkylation sites (N-methyl/N-ethyl adjacent to an activating group) is 1. The zero-order chi connectivity index (χ0) is 11.7. The lowest BCUT2D eigenvalue weighted by atomic mass is 10.1. The molecule has 0 bridgehead atoms. The van der Waals surface area contributed by atoms with Crippen LogP contribution in [0.1, 0.15) is 23.7 Å². The zero-order valence-corrected chi connectivity index (χ0v) is 10.0. The van der Waals surface area contributed by atoms with Gasteiger partial charge in [0.2, 0.25) is 5.22 Å². The fourth-order valence-electron chi connectivity index (χ4n) is 2.02. The van der Waals surface area contributed by atoms with Crippen LogP contribution in [0.2, 0.25) is 5.22 Å². The maximum Gasteiger partial charge on any atom is 0.258 e. The molecule has 0 spiro atoms. The summed E-state index contributed by atoms with van der Waals surface area (Å²) in [5, 5.41) is 0.142. The number of hydrogen-bond donors (Lipinski definition) is 0. The maximum absolute atomic E-state index is 12.1. The van der Waals surface area contributed by atoms with E-state index in [0.717, 1.165) is 6.42 Å². The molecule has 1 aliphatic rings. The average molecular weight is 244 g/mol.